The van der Waals surface area contributed by atoms with Crippen LogP contribution in [-0.4, -0.2) is 21.5 Å². The molecule has 120 valence electrons. The Morgan fingerprint density at radius 2 is 2.00 bits per heavy atom. The fourth-order valence-electron chi connectivity index (χ4n) is 1.91. The van der Waals surface area contributed by atoms with Crippen molar-refractivity contribution in [2.75, 3.05) is 13.1 Å². The Hall–Kier alpha value is -0.980. The molecule has 0 amide bonds. The molecule has 1 rings (SSSR count). The monoisotopic (exact) mass is 316 g/mol. The third-order valence-electron chi connectivity index (χ3n) is 3.14. The maximum absolute atomic E-state index is 13.6. The van der Waals surface area contributed by atoms with Gasteiger partial charge < -0.3 is 5.32 Å². The smallest absolute Gasteiger partial charge is 0.240 e. The van der Waals surface area contributed by atoms with E-state index < -0.39 is 15.8 Å². The molecule has 2 N–H and O–H groups in total. The highest BCUT2D eigenvalue weighted by Crippen LogP contribution is 2.15. The molecule has 0 saturated heterocycles. The van der Waals surface area contributed by atoms with Gasteiger partial charge in [0.05, 0.1) is 4.90 Å². The maximum Gasteiger partial charge on any atom is 0.240 e. The van der Waals surface area contributed by atoms with Gasteiger partial charge >= 0.3 is 0 Å². The van der Waals surface area contributed by atoms with Gasteiger partial charge in [0.15, 0.2) is 0 Å². The van der Waals surface area contributed by atoms with E-state index in [9.17, 15) is 12.8 Å². The Kier molecular flexibility index (Phi) is 7.28. The molecule has 1 aromatic rings. The first-order valence-corrected chi connectivity index (χ1v) is 8.84. The largest absolute Gasteiger partial charge is 0.313 e. The van der Waals surface area contributed by atoms with E-state index >= 15 is 0 Å². The van der Waals surface area contributed by atoms with Crippen LogP contribution in [0.25, 0.3) is 0 Å². The van der Waals surface area contributed by atoms with Gasteiger partial charge in [-0.05, 0) is 43.5 Å². The molecule has 0 atom stereocenters. The molecule has 0 fully saturated rings. The summed E-state index contributed by atoms with van der Waals surface area (Å²) in [5, 5.41) is 2.99. The van der Waals surface area contributed by atoms with Crippen LogP contribution < -0.4 is 10.0 Å². The van der Waals surface area contributed by atoms with Crippen molar-refractivity contribution in [1.29, 1.82) is 0 Å². The molecule has 0 aliphatic carbocycles. The second-order valence-corrected chi connectivity index (χ2v) is 7.23. The van der Waals surface area contributed by atoms with Crippen LogP contribution in [0.3, 0.4) is 0 Å². The highest BCUT2D eigenvalue weighted by molar-refractivity contribution is 7.89. The predicted molar refractivity (Wildman–Crippen MR) is 83.0 cm³/mol. The maximum atomic E-state index is 13.6. The van der Waals surface area contributed by atoms with Crippen LogP contribution in [0.2, 0.25) is 0 Å². The van der Waals surface area contributed by atoms with Crippen molar-refractivity contribution >= 4 is 10.0 Å². The molecule has 0 bridgehead atoms. The fraction of sp³-hybridized carbons (Fsp3) is 0.600. The van der Waals surface area contributed by atoms with Gasteiger partial charge in [0, 0.05) is 18.7 Å². The van der Waals surface area contributed by atoms with Gasteiger partial charge in [-0.25, -0.2) is 17.5 Å². The number of halogens is 1. The molecule has 6 heteroatoms. The summed E-state index contributed by atoms with van der Waals surface area (Å²) >= 11 is 0. The Labute approximate surface area is 127 Å². The second kappa shape index (κ2) is 8.46. The molecule has 0 unspecified atom stereocenters. The summed E-state index contributed by atoms with van der Waals surface area (Å²) < 4.78 is 40.5. The summed E-state index contributed by atoms with van der Waals surface area (Å²) in [5.41, 5.74) is 0.363. The summed E-state index contributed by atoms with van der Waals surface area (Å²) in [6.07, 6.45) is 1.76. The van der Waals surface area contributed by atoms with Crippen LogP contribution in [0.5, 0.6) is 0 Å². The number of rotatable bonds is 9. The molecule has 0 aliphatic heterocycles. The van der Waals surface area contributed by atoms with Crippen molar-refractivity contribution in [3.05, 3.63) is 29.6 Å². The molecular formula is C15H25FN2O2S. The number of nitrogens with one attached hydrogen (secondary N) is 2. The van der Waals surface area contributed by atoms with Gasteiger partial charge in [0.2, 0.25) is 10.0 Å². The predicted octanol–water partition coefficient (Wildman–Crippen LogP) is 2.65. The van der Waals surface area contributed by atoms with Crippen LogP contribution in [-0.2, 0) is 16.6 Å². The molecule has 4 nitrogen and oxygen atoms in total. The first kappa shape index (κ1) is 18.1. The molecule has 0 aromatic heterocycles. The summed E-state index contributed by atoms with van der Waals surface area (Å²) in [4.78, 5) is 0.112. The van der Waals surface area contributed by atoms with Crippen molar-refractivity contribution < 1.29 is 12.8 Å². The quantitative estimate of drug-likeness (QED) is 0.689. The first-order valence-electron chi connectivity index (χ1n) is 7.35. The average Bonchev–Trinajstić information content (AvgIpc) is 2.42. The van der Waals surface area contributed by atoms with Crippen molar-refractivity contribution in [2.24, 2.45) is 5.92 Å². The van der Waals surface area contributed by atoms with E-state index in [-0.39, 0.29) is 4.90 Å². The van der Waals surface area contributed by atoms with E-state index in [0.29, 0.717) is 31.1 Å². The highest BCUT2D eigenvalue weighted by atomic mass is 32.2. The molecule has 0 saturated carbocycles. The van der Waals surface area contributed by atoms with Crippen LogP contribution in [0.15, 0.2) is 23.1 Å². The van der Waals surface area contributed by atoms with Crippen molar-refractivity contribution in [3.8, 4) is 0 Å². The molecule has 0 aliphatic rings. The van der Waals surface area contributed by atoms with Gasteiger partial charge in [-0.15, -0.1) is 0 Å². The van der Waals surface area contributed by atoms with E-state index in [1.54, 1.807) is 0 Å². The zero-order valence-corrected chi connectivity index (χ0v) is 13.8. The molecule has 0 radical (unpaired) electrons. The minimum absolute atomic E-state index is 0.112. The van der Waals surface area contributed by atoms with Crippen molar-refractivity contribution in [3.63, 3.8) is 0 Å². The third kappa shape index (κ3) is 6.11. The zero-order valence-electron chi connectivity index (χ0n) is 12.9. The van der Waals surface area contributed by atoms with Crippen LogP contribution in [0.4, 0.5) is 4.39 Å². The van der Waals surface area contributed by atoms with E-state index in [2.05, 4.69) is 23.9 Å². The number of hydrogen-bond donors (Lipinski definition) is 2. The third-order valence-corrected chi connectivity index (χ3v) is 4.60. The second-order valence-electron chi connectivity index (χ2n) is 5.47. The molecule has 1 aromatic carbocycles. The summed E-state index contributed by atoms with van der Waals surface area (Å²) in [5.74, 6) is 0.154. The van der Waals surface area contributed by atoms with Crippen molar-refractivity contribution in [2.45, 2.75) is 45.1 Å². The van der Waals surface area contributed by atoms with E-state index in [1.165, 1.54) is 18.2 Å². The topological polar surface area (TPSA) is 58.2 Å². The van der Waals surface area contributed by atoms with Gasteiger partial charge in [0.25, 0.3) is 0 Å². The minimum atomic E-state index is -3.57. The normalized spacial score (nSPS) is 12.0. The Morgan fingerprint density at radius 3 is 2.62 bits per heavy atom. The minimum Gasteiger partial charge on any atom is -0.313 e. The summed E-state index contributed by atoms with van der Waals surface area (Å²) in [6.45, 7) is 7.53. The first-order chi connectivity index (χ1) is 9.86. The van der Waals surface area contributed by atoms with E-state index in [1.807, 2.05) is 6.92 Å². The summed E-state index contributed by atoms with van der Waals surface area (Å²) in [6, 6.07) is 3.90. The fourth-order valence-corrected chi connectivity index (χ4v) is 3.04. The lowest BCUT2D eigenvalue weighted by atomic mass is 10.1. The van der Waals surface area contributed by atoms with Crippen LogP contribution >= 0.6 is 0 Å². The number of hydrogen-bond acceptors (Lipinski definition) is 3. The van der Waals surface area contributed by atoms with Crippen LogP contribution in [0.1, 0.15) is 39.2 Å². The lowest BCUT2D eigenvalue weighted by Crippen LogP contribution is -2.25. The van der Waals surface area contributed by atoms with Gasteiger partial charge in [-0.3, -0.25) is 0 Å². The average molecular weight is 316 g/mol. The number of benzene rings is 1. The highest BCUT2D eigenvalue weighted by Gasteiger charge is 2.15. The van der Waals surface area contributed by atoms with Crippen LogP contribution in [0, 0.1) is 11.7 Å². The molecule has 0 heterocycles. The molecular weight excluding hydrogens is 291 g/mol. The van der Waals surface area contributed by atoms with Gasteiger partial charge in [-0.2, -0.15) is 0 Å². The SMILES string of the molecule is CCNCc1cc(S(=O)(=O)NCCCC(C)C)ccc1F. The number of sulfonamides is 1. The summed E-state index contributed by atoms with van der Waals surface area (Å²) in [7, 11) is -3.57. The lowest BCUT2D eigenvalue weighted by molar-refractivity contribution is 0.539. The van der Waals surface area contributed by atoms with E-state index in [4.69, 9.17) is 0 Å². The Morgan fingerprint density at radius 1 is 1.29 bits per heavy atom. The van der Waals surface area contributed by atoms with Gasteiger partial charge in [-0.1, -0.05) is 20.8 Å². The van der Waals surface area contributed by atoms with Gasteiger partial charge in [0.1, 0.15) is 5.82 Å². The Bertz CT molecular complexity index is 545. The standard InChI is InChI=1S/C15H25FN2O2S/c1-4-17-11-13-10-14(7-8-15(13)16)21(19,20)18-9-5-6-12(2)3/h7-8,10,12,17-18H,4-6,9,11H2,1-3H3. The van der Waals surface area contributed by atoms with Crippen molar-refractivity contribution in [1.82, 2.24) is 10.0 Å². The van der Waals surface area contributed by atoms with E-state index in [0.717, 1.165) is 12.8 Å². The lowest BCUT2D eigenvalue weighted by Gasteiger charge is -2.10. The zero-order chi connectivity index (χ0) is 15.9. The molecule has 21 heavy (non-hydrogen) atoms. The molecule has 0 spiro atoms. The Balaban J connectivity index is 2.73.